The number of aromatic nitrogens is 1. The van der Waals surface area contributed by atoms with Crippen LogP contribution < -0.4 is 15.5 Å². The minimum absolute atomic E-state index is 0.124. The summed E-state index contributed by atoms with van der Waals surface area (Å²) in [6, 6.07) is -0.181. The lowest BCUT2D eigenvalue weighted by Gasteiger charge is -2.31. The first-order valence-corrected chi connectivity index (χ1v) is 11.1. The molecule has 9 heteroatoms. The predicted octanol–water partition coefficient (Wildman–Crippen LogP) is 3.96. The smallest absolute Gasteiger partial charge is 0.357 e. The molecule has 0 spiro atoms. The second-order valence-electron chi connectivity index (χ2n) is 7.57. The normalized spacial score (nSPS) is 23.9. The molecule has 1 aromatic rings. The van der Waals surface area contributed by atoms with Crippen LogP contribution in [0.15, 0.2) is 10.4 Å². The molecule has 3 rings (SSSR count). The highest BCUT2D eigenvalue weighted by molar-refractivity contribution is 7.13. The highest BCUT2D eigenvalue weighted by atomic mass is 32.1. The molecule has 158 valence electrons. The molecule has 0 aromatic carbocycles. The van der Waals surface area contributed by atoms with Crippen LogP contribution in [0.2, 0.25) is 0 Å². The maximum absolute atomic E-state index is 13.0. The molecule has 1 aliphatic carbocycles. The third-order valence-corrected chi connectivity index (χ3v) is 6.33. The Bertz CT molecular complexity index is 640. The van der Waals surface area contributed by atoms with Crippen LogP contribution in [0.4, 0.5) is 18.3 Å². The number of hydrogen-bond donors (Lipinski definition) is 2. The van der Waals surface area contributed by atoms with Gasteiger partial charge in [-0.25, -0.2) is 4.98 Å². The predicted molar refractivity (Wildman–Crippen MR) is 108 cm³/mol. The lowest BCUT2D eigenvalue weighted by Crippen LogP contribution is -2.46. The number of aliphatic imine (C=N–C) groups is 1. The summed E-state index contributed by atoms with van der Waals surface area (Å²) in [6.45, 7) is 5.37. The van der Waals surface area contributed by atoms with Crippen molar-refractivity contribution in [3.8, 4) is 0 Å². The van der Waals surface area contributed by atoms with E-state index < -0.39 is 12.1 Å². The van der Waals surface area contributed by atoms with Crippen molar-refractivity contribution in [1.29, 1.82) is 0 Å². The van der Waals surface area contributed by atoms with Crippen LogP contribution >= 0.6 is 11.3 Å². The second kappa shape index (κ2) is 9.80. The van der Waals surface area contributed by atoms with Gasteiger partial charge in [-0.15, -0.1) is 11.3 Å². The Morgan fingerprint density at radius 2 is 2.07 bits per heavy atom. The standard InChI is InChI=1S/C19H30F3N5S/c1-2-23-17(25-15-7-5-6-14(12-15)19(20,21)22)24-9-8-16-13-28-18(26-16)27-10-3-4-11-27/h13-15H,2-12H2,1H3,(H2,23,24,25). The van der Waals surface area contributed by atoms with Gasteiger partial charge in [-0.1, -0.05) is 6.42 Å². The van der Waals surface area contributed by atoms with Crippen molar-refractivity contribution >= 4 is 22.4 Å². The van der Waals surface area contributed by atoms with Gasteiger partial charge in [0.15, 0.2) is 11.1 Å². The van der Waals surface area contributed by atoms with E-state index >= 15 is 0 Å². The topological polar surface area (TPSA) is 52.6 Å². The number of hydrogen-bond acceptors (Lipinski definition) is 4. The van der Waals surface area contributed by atoms with Crippen LogP contribution in [0.25, 0.3) is 0 Å². The van der Waals surface area contributed by atoms with Crippen molar-refractivity contribution in [3.05, 3.63) is 11.1 Å². The minimum Gasteiger partial charge on any atom is -0.357 e. The first kappa shape index (κ1) is 21.2. The van der Waals surface area contributed by atoms with Gasteiger partial charge in [0.25, 0.3) is 0 Å². The van der Waals surface area contributed by atoms with Crippen LogP contribution in [0.1, 0.15) is 51.1 Å². The Kier molecular flexibility index (Phi) is 7.42. The lowest BCUT2D eigenvalue weighted by molar-refractivity contribution is -0.183. The molecule has 1 aromatic heterocycles. The first-order chi connectivity index (χ1) is 13.5. The largest absolute Gasteiger partial charge is 0.391 e. The third kappa shape index (κ3) is 5.99. The molecular weight excluding hydrogens is 387 g/mol. The van der Waals surface area contributed by atoms with Crippen molar-refractivity contribution in [1.82, 2.24) is 15.6 Å². The third-order valence-electron chi connectivity index (χ3n) is 5.38. The van der Waals surface area contributed by atoms with E-state index in [-0.39, 0.29) is 18.9 Å². The van der Waals surface area contributed by atoms with E-state index in [0.29, 0.717) is 25.5 Å². The minimum atomic E-state index is -4.10. The van der Waals surface area contributed by atoms with Gasteiger partial charge in [-0.3, -0.25) is 4.99 Å². The second-order valence-corrected chi connectivity index (χ2v) is 8.41. The van der Waals surface area contributed by atoms with Crippen LogP contribution in [-0.4, -0.2) is 49.3 Å². The van der Waals surface area contributed by atoms with Crippen molar-refractivity contribution in [2.45, 2.75) is 64.1 Å². The maximum atomic E-state index is 13.0. The highest BCUT2D eigenvalue weighted by Crippen LogP contribution is 2.37. The molecule has 0 radical (unpaired) electrons. The van der Waals surface area contributed by atoms with Gasteiger partial charge >= 0.3 is 6.18 Å². The van der Waals surface area contributed by atoms with E-state index in [1.807, 2.05) is 6.92 Å². The zero-order valence-electron chi connectivity index (χ0n) is 16.4. The van der Waals surface area contributed by atoms with Crippen molar-refractivity contribution < 1.29 is 13.2 Å². The monoisotopic (exact) mass is 417 g/mol. The van der Waals surface area contributed by atoms with Gasteiger partial charge in [-0.05, 0) is 39.0 Å². The van der Waals surface area contributed by atoms with E-state index in [0.717, 1.165) is 36.8 Å². The molecule has 28 heavy (non-hydrogen) atoms. The molecular formula is C19H30F3N5S. The van der Waals surface area contributed by atoms with Gasteiger partial charge in [0, 0.05) is 44.0 Å². The number of alkyl halides is 3. The van der Waals surface area contributed by atoms with Crippen molar-refractivity contribution in [3.63, 3.8) is 0 Å². The number of anilines is 1. The fourth-order valence-corrected chi connectivity index (χ4v) is 4.79. The molecule has 2 fully saturated rings. The molecule has 2 unspecified atom stereocenters. The Labute approximate surface area is 168 Å². The van der Waals surface area contributed by atoms with Gasteiger partial charge in [0.2, 0.25) is 0 Å². The maximum Gasteiger partial charge on any atom is 0.391 e. The highest BCUT2D eigenvalue weighted by Gasteiger charge is 2.42. The fourth-order valence-electron chi connectivity index (χ4n) is 3.88. The molecule has 2 N–H and O–H groups in total. The Morgan fingerprint density at radius 1 is 1.29 bits per heavy atom. The molecule has 1 saturated carbocycles. The van der Waals surface area contributed by atoms with Crippen molar-refractivity contribution in [2.75, 3.05) is 31.1 Å². The molecule has 0 bridgehead atoms. The summed E-state index contributed by atoms with van der Waals surface area (Å²) in [5, 5.41) is 9.53. The Balaban J connectivity index is 1.51. The molecule has 5 nitrogen and oxygen atoms in total. The molecule has 2 atom stereocenters. The van der Waals surface area contributed by atoms with Gasteiger partial charge in [0.1, 0.15) is 0 Å². The quantitative estimate of drug-likeness (QED) is 0.543. The number of thiazole rings is 1. The van der Waals surface area contributed by atoms with Crippen LogP contribution in [0.3, 0.4) is 0 Å². The summed E-state index contributed by atoms with van der Waals surface area (Å²) in [5.41, 5.74) is 1.03. The number of nitrogens with zero attached hydrogens (tertiary/aromatic N) is 3. The van der Waals surface area contributed by atoms with Crippen LogP contribution in [0.5, 0.6) is 0 Å². The summed E-state index contributed by atoms with van der Waals surface area (Å²) < 4.78 is 39.1. The average molecular weight is 418 g/mol. The summed E-state index contributed by atoms with van der Waals surface area (Å²) >= 11 is 1.68. The summed E-state index contributed by atoms with van der Waals surface area (Å²) in [6.07, 6.45) is 0.796. The van der Waals surface area contributed by atoms with Gasteiger partial charge in [0.05, 0.1) is 11.6 Å². The number of rotatable bonds is 6. The number of guanidine groups is 1. The molecule has 2 aliphatic rings. The lowest BCUT2D eigenvalue weighted by atomic mass is 9.85. The summed E-state index contributed by atoms with van der Waals surface area (Å²) in [7, 11) is 0. The number of halogens is 3. The van der Waals surface area contributed by atoms with Crippen LogP contribution in [-0.2, 0) is 6.42 Å². The zero-order valence-corrected chi connectivity index (χ0v) is 17.2. The first-order valence-electron chi connectivity index (χ1n) is 10.3. The molecule has 1 saturated heterocycles. The van der Waals surface area contributed by atoms with Gasteiger partial charge < -0.3 is 15.5 Å². The van der Waals surface area contributed by atoms with E-state index in [1.165, 1.54) is 12.8 Å². The number of nitrogens with one attached hydrogen (secondary N) is 2. The van der Waals surface area contributed by atoms with E-state index in [9.17, 15) is 13.2 Å². The van der Waals surface area contributed by atoms with Crippen LogP contribution in [0, 0.1) is 5.92 Å². The SMILES string of the molecule is CCNC(=NCCc1csc(N2CCCC2)n1)NC1CCCC(C(F)(F)F)C1. The summed E-state index contributed by atoms with van der Waals surface area (Å²) in [5.74, 6) is -0.606. The zero-order chi connectivity index (χ0) is 20.0. The molecule has 1 aliphatic heterocycles. The molecule has 2 heterocycles. The fraction of sp³-hybridized carbons (Fsp3) is 0.789. The van der Waals surface area contributed by atoms with E-state index in [4.69, 9.17) is 4.98 Å². The van der Waals surface area contributed by atoms with E-state index in [2.05, 4.69) is 25.9 Å². The summed E-state index contributed by atoms with van der Waals surface area (Å²) in [4.78, 5) is 11.6. The Hall–Kier alpha value is -1.51. The van der Waals surface area contributed by atoms with Crippen molar-refractivity contribution in [2.24, 2.45) is 10.9 Å². The average Bonchev–Trinajstić information content (AvgIpc) is 3.33. The van der Waals surface area contributed by atoms with Gasteiger partial charge in [-0.2, -0.15) is 13.2 Å². The Morgan fingerprint density at radius 3 is 2.79 bits per heavy atom. The van der Waals surface area contributed by atoms with E-state index in [1.54, 1.807) is 11.3 Å². The molecule has 0 amide bonds.